The first-order valence-electron chi connectivity index (χ1n) is 5.49. The Morgan fingerprint density at radius 1 is 1.00 bits per heavy atom. The fourth-order valence-corrected chi connectivity index (χ4v) is 1.80. The highest BCUT2D eigenvalue weighted by Crippen LogP contribution is 2.33. The van der Waals surface area contributed by atoms with Crippen LogP contribution in [0.2, 0.25) is 0 Å². The van der Waals surface area contributed by atoms with Crippen LogP contribution in [0, 0.1) is 0 Å². The maximum absolute atomic E-state index is 11.3. The van der Waals surface area contributed by atoms with Crippen LogP contribution in [0.25, 0.3) is 10.9 Å². The molecule has 0 saturated heterocycles. The van der Waals surface area contributed by atoms with E-state index in [1.165, 1.54) is 6.07 Å². The summed E-state index contributed by atoms with van der Waals surface area (Å²) in [7, 11) is 0. The highest BCUT2D eigenvalue weighted by Gasteiger charge is 2.21. The number of benzene rings is 1. The van der Waals surface area contributed by atoms with Crippen LogP contribution >= 0.6 is 0 Å². The van der Waals surface area contributed by atoms with Crippen molar-refractivity contribution in [3.05, 3.63) is 30.5 Å². The molecule has 0 radical (unpaired) electrons. The van der Waals surface area contributed by atoms with Crippen molar-refractivity contribution in [1.82, 2.24) is 4.98 Å². The molecule has 1 aromatic heterocycles. The lowest BCUT2D eigenvalue weighted by atomic mass is 10.1. The summed E-state index contributed by atoms with van der Waals surface area (Å²) in [6.45, 7) is 0. The third kappa shape index (κ3) is 2.18. The minimum atomic E-state index is -0.916. The number of amides is 4. The maximum Gasteiger partial charge on any atom is 0.333 e. The Hall–Kier alpha value is -2.91. The average Bonchev–Trinajstić information content (AvgIpc) is 2.44. The fraction of sp³-hybridized carbons (Fsp3) is 0. The van der Waals surface area contributed by atoms with Gasteiger partial charge in [-0.05, 0) is 24.3 Å². The molecule has 1 heterocycles. The third-order valence-electron chi connectivity index (χ3n) is 2.71. The first-order chi connectivity index (χ1) is 9.43. The Bertz CT molecular complexity index is 688. The predicted molar refractivity (Wildman–Crippen MR) is 74.2 cm³/mol. The van der Waals surface area contributed by atoms with Crippen molar-refractivity contribution in [3.8, 4) is 0 Å². The Labute approximate surface area is 113 Å². The van der Waals surface area contributed by atoms with Gasteiger partial charge in [0, 0.05) is 11.6 Å². The third-order valence-corrected chi connectivity index (χ3v) is 2.71. The van der Waals surface area contributed by atoms with Gasteiger partial charge < -0.3 is 11.5 Å². The van der Waals surface area contributed by atoms with E-state index in [9.17, 15) is 9.59 Å². The summed E-state index contributed by atoms with van der Waals surface area (Å²) in [5.41, 5.74) is 11.1. The van der Waals surface area contributed by atoms with Crippen molar-refractivity contribution in [2.45, 2.75) is 0 Å². The molecule has 0 unspecified atom stereocenters. The van der Waals surface area contributed by atoms with E-state index < -0.39 is 12.1 Å². The second-order valence-electron chi connectivity index (χ2n) is 3.92. The van der Waals surface area contributed by atoms with Crippen molar-refractivity contribution in [2.24, 2.45) is 23.2 Å². The van der Waals surface area contributed by atoms with Crippen LogP contribution < -0.4 is 33.2 Å². The lowest BCUT2D eigenvalue weighted by Crippen LogP contribution is -2.46. The van der Waals surface area contributed by atoms with Crippen LogP contribution in [0.4, 0.5) is 21.0 Å². The number of nitrogens with two attached hydrogens (primary N) is 4. The van der Waals surface area contributed by atoms with Gasteiger partial charge >= 0.3 is 12.1 Å². The number of urea groups is 2. The van der Waals surface area contributed by atoms with Gasteiger partial charge in [0.1, 0.15) is 0 Å². The molecule has 2 rings (SSSR count). The number of fused-ring (bicyclic) bond motifs is 1. The summed E-state index contributed by atoms with van der Waals surface area (Å²) in [6.07, 6.45) is 1.57. The summed E-state index contributed by atoms with van der Waals surface area (Å²) in [4.78, 5) is 26.6. The van der Waals surface area contributed by atoms with Crippen molar-refractivity contribution >= 4 is 34.3 Å². The average molecular weight is 275 g/mol. The molecular formula is C11H13N7O2. The zero-order chi connectivity index (χ0) is 14.9. The second kappa shape index (κ2) is 4.99. The van der Waals surface area contributed by atoms with Crippen molar-refractivity contribution in [2.75, 3.05) is 10.0 Å². The highest BCUT2D eigenvalue weighted by atomic mass is 16.2. The van der Waals surface area contributed by atoms with Crippen LogP contribution in [-0.2, 0) is 0 Å². The summed E-state index contributed by atoms with van der Waals surface area (Å²) >= 11 is 0. The van der Waals surface area contributed by atoms with Gasteiger partial charge in [0.25, 0.3) is 0 Å². The molecule has 104 valence electrons. The maximum atomic E-state index is 11.3. The normalized spacial score (nSPS) is 10.3. The highest BCUT2D eigenvalue weighted by molar-refractivity contribution is 6.09. The van der Waals surface area contributed by atoms with E-state index in [1.54, 1.807) is 24.4 Å². The number of aromatic nitrogens is 1. The number of hydrazine groups is 2. The molecule has 0 fully saturated rings. The molecule has 2 aromatic rings. The molecule has 0 saturated carbocycles. The van der Waals surface area contributed by atoms with Gasteiger partial charge in [-0.15, -0.1) is 0 Å². The van der Waals surface area contributed by atoms with E-state index in [0.29, 0.717) is 20.9 Å². The molecule has 0 aliphatic heterocycles. The van der Waals surface area contributed by atoms with Gasteiger partial charge in [-0.2, -0.15) is 0 Å². The van der Waals surface area contributed by atoms with Gasteiger partial charge in [-0.25, -0.2) is 31.3 Å². The first-order valence-corrected chi connectivity index (χ1v) is 5.49. The number of nitrogens with zero attached hydrogens (tertiary/aromatic N) is 3. The number of anilines is 2. The molecule has 8 N–H and O–H groups in total. The molecule has 0 spiro atoms. The number of carbonyl (C=O) groups excluding carboxylic acids is 2. The van der Waals surface area contributed by atoms with Crippen LogP contribution in [0.1, 0.15) is 0 Å². The Morgan fingerprint density at radius 3 is 2.25 bits per heavy atom. The molecule has 4 amide bonds. The fourth-order valence-electron chi connectivity index (χ4n) is 1.80. The summed E-state index contributed by atoms with van der Waals surface area (Å²) in [5, 5.41) is 1.86. The quantitative estimate of drug-likeness (QED) is 0.337. The molecule has 0 atom stereocenters. The SMILES string of the molecule is NC(=O)N(N)c1ccc2ncccc2c1N(N)C(N)=O. The van der Waals surface area contributed by atoms with Crippen molar-refractivity contribution < 1.29 is 9.59 Å². The lowest BCUT2D eigenvalue weighted by molar-refractivity contribution is 0.252. The number of pyridine rings is 1. The van der Waals surface area contributed by atoms with E-state index in [4.69, 9.17) is 23.2 Å². The molecule has 1 aromatic carbocycles. The summed E-state index contributed by atoms with van der Waals surface area (Å²) < 4.78 is 0. The summed E-state index contributed by atoms with van der Waals surface area (Å²) in [5.74, 6) is 11.2. The zero-order valence-electron chi connectivity index (χ0n) is 10.4. The van der Waals surface area contributed by atoms with E-state index in [0.717, 1.165) is 0 Å². The molecule has 0 bridgehead atoms. The van der Waals surface area contributed by atoms with E-state index in [-0.39, 0.29) is 11.4 Å². The summed E-state index contributed by atoms with van der Waals surface area (Å²) in [6, 6.07) is 4.58. The van der Waals surface area contributed by atoms with Gasteiger partial charge in [0.15, 0.2) is 0 Å². The Morgan fingerprint density at radius 2 is 1.65 bits per heavy atom. The monoisotopic (exact) mass is 275 g/mol. The number of primary amides is 2. The van der Waals surface area contributed by atoms with Crippen LogP contribution in [0.5, 0.6) is 0 Å². The lowest BCUT2D eigenvalue weighted by Gasteiger charge is -2.23. The van der Waals surface area contributed by atoms with Crippen LogP contribution in [0.3, 0.4) is 0 Å². The number of hydrogen-bond donors (Lipinski definition) is 4. The smallest absolute Gasteiger partial charge is 0.333 e. The first kappa shape index (κ1) is 13.5. The predicted octanol–water partition coefficient (Wildman–Crippen LogP) is -0.248. The minimum absolute atomic E-state index is 0.138. The molecule has 9 nitrogen and oxygen atoms in total. The van der Waals surface area contributed by atoms with Gasteiger partial charge in [-0.1, -0.05) is 0 Å². The van der Waals surface area contributed by atoms with Gasteiger partial charge in [0.2, 0.25) is 0 Å². The largest absolute Gasteiger partial charge is 0.350 e. The molecule has 20 heavy (non-hydrogen) atoms. The second-order valence-corrected chi connectivity index (χ2v) is 3.92. The molecular weight excluding hydrogens is 262 g/mol. The van der Waals surface area contributed by atoms with Crippen molar-refractivity contribution in [1.29, 1.82) is 0 Å². The van der Waals surface area contributed by atoms with E-state index >= 15 is 0 Å². The van der Waals surface area contributed by atoms with Gasteiger partial charge in [0.05, 0.1) is 16.9 Å². The van der Waals surface area contributed by atoms with Crippen LogP contribution in [0.15, 0.2) is 30.5 Å². The number of rotatable bonds is 2. The standard InChI is InChI=1S/C11H13N7O2/c12-10(19)17(14)8-4-3-7-6(2-1-5-16-7)9(8)18(15)11(13)20/h1-5H,14-15H2,(H2,12,19)(H2,13,20). The number of carbonyl (C=O) groups is 2. The van der Waals surface area contributed by atoms with Crippen LogP contribution in [-0.4, -0.2) is 17.0 Å². The Balaban J connectivity index is 2.77. The van der Waals surface area contributed by atoms with E-state index in [2.05, 4.69) is 4.98 Å². The molecule has 9 heteroatoms. The molecule has 0 aliphatic carbocycles. The topological polar surface area (TPSA) is 158 Å². The molecule has 0 aliphatic rings. The number of hydrogen-bond acceptors (Lipinski definition) is 5. The zero-order valence-corrected chi connectivity index (χ0v) is 10.4. The van der Waals surface area contributed by atoms with E-state index in [1.807, 2.05) is 0 Å². The minimum Gasteiger partial charge on any atom is -0.350 e. The van der Waals surface area contributed by atoms with Gasteiger partial charge in [-0.3, -0.25) is 4.98 Å². The van der Waals surface area contributed by atoms with Crippen molar-refractivity contribution in [3.63, 3.8) is 0 Å². The Kier molecular flexibility index (Phi) is 3.37.